The van der Waals surface area contributed by atoms with Gasteiger partial charge in [0.15, 0.2) is 0 Å². The van der Waals surface area contributed by atoms with E-state index in [2.05, 4.69) is 31.2 Å². The number of hydrogen-bond acceptors (Lipinski definition) is 1. The molecule has 0 fully saturated rings. The lowest BCUT2D eigenvalue weighted by atomic mass is 9.95. The van der Waals surface area contributed by atoms with Gasteiger partial charge in [-0.25, -0.2) is 0 Å². The van der Waals surface area contributed by atoms with E-state index in [-0.39, 0.29) is 0 Å². The molecule has 0 bridgehead atoms. The van der Waals surface area contributed by atoms with Crippen molar-refractivity contribution in [2.45, 2.75) is 51.9 Å². The van der Waals surface area contributed by atoms with Gasteiger partial charge in [-0.15, -0.1) is 0 Å². The summed E-state index contributed by atoms with van der Waals surface area (Å²) in [7, 11) is 0. The van der Waals surface area contributed by atoms with Gasteiger partial charge in [0.2, 0.25) is 0 Å². The zero-order chi connectivity index (χ0) is 14.9. The minimum Gasteiger partial charge on any atom is -0.508 e. The predicted molar refractivity (Wildman–Crippen MR) is 89.8 cm³/mol. The van der Waals surface area contributed by atoms with Gasteiger partial charge < -0.3 is 5.11 Å². The van der Waals surface area contributed by atoms with Crippen LogP contribution in [0.5, 0.6) is 5.75 Å². The second kappa shape index (κ2) is 8.51. The second-order valence-electron chi connectivity index (χ2n) is 5.74. The molecule has 0 aliphatic heterocycles. The van der Waals surface area contributed by atoms with E-state index in [4.69, 9.17) is 0 Å². The van der Waals surface area contributed by atoms with Gasteiger partial charge in [-0.2, -0.15) is 0 Å². The van der Waals surface area contributed by atoms with Crippen molar-refractivity contribution in [2.24, 2.45) is 0 Å². The van der Waals surface area contributed by atoms with Crippen LogP contribution in [0, 0.1) is 0 Å². The normalized spacial score (nSPS) is 10.7. The molecule has 0 atom stereocenters. The number of hydrogen-bond donors (Lipinski definition) is 1. The van der Waals surface area contributed by atoms with E-state index in [0.717, 1.165) is 18.4 Å². The van der Waals surface area contributed by atoms with Crippen LogP contribution in [-0.4, -0.2) is 5.11 Å². The average molecular weight is 282 g/mol. The van der Waals surface area contributed by atoms with Gasteiger partial charge in [-0.1, -0.05) is 75.1 Å². The first-order valence-corrected chi connectivity index (χ1v) is 8.15. The molecule has 1 nitrogen and oxygen atoms in total. The van der Waals surface area contributed by atoms with E-state index in [1.807, 2.05) is 18.2 Å². The molecule has 112 valence electrons. The minimum absolute atomic E-state index is 0.398. The van der Waals surface area contributed by atoms with Crippen LogP contribution in [0.2, 0.25) is 0 Å². The van der Waals surface area contributed by atoms with Crippen LogP contribution in [-0.2, 0) is 12.8 Å². The number of phenolic OH excluding ortho intramolecular Hbond substituents is 1. The zero-order valence-corrected chi connectivity index (χ0v) is 13.0. The fraction of sp³-hybridized carbons (Fsp3) is 0.400. The number of rotatable bonds is 8. The zero-order valence-electron chi connectivity index (χ0n) is 13.0. The van der Waals surface area contributed by atoms with Crippen LogP contribution in [0.1, 0.15) is 55.7 Å². The third-order valence-electron chi connectivity index (χ3n) is 4.04. The summed E-state index contributed by atoms with van der Waals surface area (Å²) in [5.41, 5.74) is 3.78. The molecule has 2 aromatic rings. The van der Waals surface area contributed by atoms with E-state index in [0.29, 0.717) is 5.75 Å². The molecule has 0 aromatic heterocycles. The first-order valence-electron chi connectivity index (χ1n) is 8.15. The van der Waals surface area contributed by atoms with Crippen molar-refractivity contribution in [1.82, 2.24) is 0 Å². The fourth-order valence-electron chi connectivity index (χ4n) is 2.76. The lowest BCUT2D eigenvalue weighted by molar-refractivity contribution is 0.469. The Bertz CT molecular complexity index is 545. The first kappa shape index (κ1) is 15.6. The number of para-hydroxylation sites is 1. The van der Waals surface area contributed by atoms with Gasteiger partial charge in [-0.05, 0) is 35.6 Å². The Labute approximate surface area is 128 Å². The van der Waals surface area contributed by atoms with Crippen LogP contribution in [0.15, 0.2) is 48.5 Å². The second-order valence-corrected chi connectivity index (χ2v) is 5.74. The number of phenols is 1. The van der Waals surface area contributed by atoms with Crippen molar-refractivity contribution in [3.8, 4) is 5.75 Å². The lowest BCUT2D eigenvalue weighted by Gasteiger charge is -2.10. The third-order valence-corrected chi connectivity index (χ3v) is 4.04. The smallest absolute Gasteiger partial charge is 0.119 e. The number of aromatic hydroxyl groups is 1. The molecule has 1 heteroatoms. The molecule has 0 aliphatic carbocycles. The van der Waals surface area contributed by atoms with E-state index in [1.165, 1.54) is 43.2 Å². The van der Waals surface area contributed by atoms with Crippen molar-refractivity contribution in [1.29, 1.82) is 0 Å². The summed E-state index contributed by atoms with van der Waals surface area (Å²) in [4.78, 5) is 0. The van der Waals surface area contributed by atoms with Crippen molar-refractivity contribution < 1.29 is 5.11 Å². The Hall–Kier alpha value is -1.76. The summed E-state index contributed by atoms with van der Waals surface area (Å²) in [5.74, 6) is 0.398. The van der Waals surface area contributed by atoms with Crippen molar-refractivity contribution in [3.63, 3.8) is 0 Å². The molecule has 0 saturated heterocycles. The highest BCUT2D eigenvalue weighted by atomic mass is 16.3. The van der Waals surface area contributed by atoms with E-state index >= 15 is 0 Å². The molecule has 2 aromatic carbocycles. The maximum absolute atomic E-state index is 9.94. The van der Waals surface area contributed by atoms with Crippen molar-refractivity contribution >= 4 is 0 Å². The Morgan fingerprint density at radius 1 is 0.714 bits per heavy atom. The van der Waals surface area contributed by atoms with Crippen LogP contribution >= 0.6 is 0 Å². The van der Waals surface area contributed by atoms with E-state index < -0.39 is 0 Å². The van der Waals surface area contributed by atoms with E-state index in [9.17, 15) is 5.11 Å². The van der Waals surface area contributed by atoms with Crippen LogP contribution in [0.25, 0.3) is 0 Å². The maximum Gasteiger partial charge on any atom is 0.119 e. The molecular formula is C20H26O. The van der Waals surface area contributed by atoms with Gasteiger partial charge in [0.05, 0.1) is 0 Å². The molecule has 1 N–H and O–H groups in total. The van der Waals surface area contributed by atoms with Gasteiger partial charge in [-0.3, -0.25) is 0 Å². The third kappa shape index (κ3) is 4.93. The molecule has 0 saturated carbocycles. The summed E-state index contributed by atoms with van der Waals surface area (Å²) in [6.07, 6.45) is 8.53. The topological polar surface area (TPSA) is 20.2 Å². The molecule has 0 amide bonds. The molecule has 0 heterocycles. The molecule has 0 spiro atoms. The van der Waals surface area contributed by atoms with Gasteiger partial charge in [0, 0.05) is 6.42 Å². The Morgan fingerprint density at radius 3 is 2.05 bits per heavy atom. The first-order chi connectivity index (χ1) is 10.3. The Kier molecular flexibility index (Phi) is 6.33. The fourth-order valence-corrected chi connectivity index (χ4v) is 2.76. The summed E-state index contributed by atoms with van der Waals surface area (Å²) in [6, 6.07) is 16.3. The molecule has 0 radical (unpaired) electrons. The van der Waals surface area contributed by atoms with Gasteiger partial charge in [0.1, 0.15) is 5.75 Å². The molecule has 2 rings (SSSR count). The van der Waals surface area contributed by atoms with Gasteiger partial charge in [0.25, 0.3) is 0 Å². The number of aryl methyl sites for hydroxylation is 1. The summed E-state index contributed by atoms with van der Waals surface area (Å²) < 4.78 is 0. The SMILES string of the molecule is CCCCCCCc1ccccc1Cc1ccccc1O. The van der Waals surface area contributed by atoms with Crippen molar-refractivity contribution in [3.05, 3.63) is 65.2 Å². The van der Waals surface area contributed by atoms with E-state index in [1.54, 1.807) is 6.07 Å². The Morgan fingerprint density at radius 2 is 1.33 bits per heavy atom. The molecule has 0 aliphatic rings. The molecule has 0 unspecified atom stereocenters. The van der Waals surface area contributed by atoms with Gasteiger partial charge >= 0.3 is 0 Å². The highest BCUT2D eigenvalue weighted by molar-refractivity contribution is 5.39. The number of benzene rings is 2. The summed E-state index contributed by atoms with van der Waals surface area (Å²) >= 11 is 0. The lowest BCUT2D eigenvalue weighted by Crippen LogP contribution is -1.96. The van der Waals surface area contributed by atoms with Crippen LogP contribution < -0.4 is 0 Å². The van der Waals surface area contributed by atoms with Crippen LogP contribution in [0.3, 0.4) is 0 Å². The molecule has 21 heavy (non-hydrogen) atoms. The maximum atomic E-state index is 9.94. The largest absolute Gasteiger partial charge is 0.508 e. The average Bonchev–Trinajstić information content (AvgIpc) is 2.51. The highest BCUT2D eigenvalue weighted by Gasteiger charge is 2.06. The summed E-state index contributed by atoms with van der Waals surface area (Å²) in [6.45, 7) is 2.25. The van der Waals surface area contributed by atoms with Crippen LogP contribution in [0.4, 0.5) is 0 Å². The monoisotopic (exact) mass is 282 g/mol. The standard InChI is InChI=1S/C20H26O/c1-2-3-4-5-6-11-17-12-7-8-13-18(17)16-19-14-9-10-15-20(19)21/h7-10,12-15,21H,2-6,11,16H2,1H3. The van der Waals surface area contributed by atoms with Crippen molar-refractivity contribution in [2.75, 3.05) is 0 Å². The molecular weight excluding hydrogens is 256 g/mol. The quantitative estimate of drug-likeness (QED) is 0.634. The summed E-state index contributed by atoms with van der Waals surface area (Å²) in [5, 5.41) is 9.94. The minimum atomic E-state index is 0.398. The number of unbranched alkanes of at least 4 members (excludes halogenated alkanes) is 4. The highest BCUT2D eigenvalue weighted by Crippen LogP contribution is 2.22. The predicted octanol–water partition coefficient (Wildman–Crippen LogP) is 5.50. The Balaban J connectivity index is 1.98.